The molecule has 9 nitrogen and oxygen atoms in total. The number of fused-ring (bicyclic) bond motifs is 2. The first-order chi connectivity index (χ1) is 23.2. The highest BCUT2D eigenvalue weighted by Crippen LogP contribution is 2.44. The topological polar surface area (TPSA) is 122 Å². The number of para-hydroxylation sites is 2. The Morgan fingerprint density at radius 3 is 1.83 bits per heavy atom. The molecule has 0 bridgehead atoms. The van der Waals surface area contributed by atoms with Gasteiger partial charge in [0.05, 0.1) is 0 Å². The van der Waals surface area contributed by atoms with Gasteiger partial charge >= 0.3 is 18.0 Å². The van der Waals surface area contributed by atoms with E-state index in [0.29, 0.717) is 18.2 Å². The van der Waals surface area contributed by atoms with Crippen LogP contribution in [0, 0.1) is 0 Å². The maximum atomic E-state index is 11.6. The first-order valence-corrected chi connectivity index (χ1v) is 17.4. The van der Waals surface area contributed by atoms with Gasteiger partial charge in [-0.25, -0.2) is 14.4 Å². The molecule has 11 heteroatoms. The summed E-state index contributed by atoms with van der Waals surface area (Å²) >= 11 is 3.79. The maximum absolute atomic E-state index is 11.6. The van der Waals surface area contributed by atoms with Crippen LogP contribution >= 0.6 is 23.5 Å². The Bertz CT molecular complexity index is 1620. The minimum absolute atomic E-state index is 0.239. The summed E-state index contributed by atoms with van der Waals surface area (Å²) in [6, 6.07) is 34.9. The van der Waals surface area contributed by atoms with Gasteiger partial charge in [-0.3, -0.25) is 4.90 Å². The monoisotopic (exact) mass is 684 g/mol. The molecule has 2 heterocycles. The number of hydrogen-bond donors (Lipinski definition) is 4. The number of aliphatic carboxylic acids is 2. The Morgan fingerprint density at radius 2 is 1.29 bits per heavy atom. The molecule has 1 saturated heterocycles. The lowest BCUT2D eigenvalue weighted by Crippen LogP contribution is -2.46. The normalized spacial score (nSPS) is 15.7. The lowest BCUT2D eigenvalue weighted by atomic mass is 9.96. The molecule has 1 unspecified atom stereocenters. The number of carboxylic acids is 2. The summed E-state index contributed by atoms with van der Waals surface area (Å²) in [4.78, 5) is 40.0. The third kappa shape index (κ3) is 11.6. The van der Waals surface area contributed by atoms with Crippen molar-refractivity contribution in [3.8, 4) is 0 Å². The van der Waals surface area contributed by atoms with Gasteiger partial charge in [0.15, 0.2) is 0 Å². The Labute approximate surface area is 290 Å². The van der Waals surface area contributed by atoms with E-state index >= 15 is 0 Å². The molecule has 48 heavy (non-hydrogen) atoms. The van der Waals surface area contributed by atoms with Crippen molar-refractivity contribution < 1.29 is 24.6 Å². The second kappa shape index (κ2) is 18.7. The summed E-state index contributed by atoms with van der Waals surface area (Å²) in [6.45, 7) is 4.67. The smallest absolute Gasteiger partial charge is 0.328 e. The number of carbonyl (C=O) groups excluding carboxylic acids is 1. The fourth-order valence-electron chi connectivity index (χ4n) is 5.15. The van der Waals surface area contributed by atoms with Crippen LogP contribution in [0.1, 0.15) is 17.2 Å². The number of piperazine rings is 1. The van der Waals surface area contributed by atoms with Gasteiger partial charge in [0.1, 0.15) is 0 Å². The zero-order valence-electron chi connectivity index (χ0n) is 26.9. The number of benzene rings is 4. The molecule has 0 aliphatic carbocycles. The third-order valence-corrected chi connectivity index (χ3v) is 9.53. The highest BCUT2D eigenvalue weighted by Gasteiger charge is 2.29. The second-order valence-corrected chi connectivity index (χ2v) is 13.0. The fourth-order valence-corrected chi connectivity index (χ4v) is 6.72. The molecule has 2 aliphatic rings. The lowest BCUT2D eigenvalue weighted by Gasteiger charge is -2.38. The molecule has 4 aromatic carbocycles. The zero-order valence-corrected chi connectivity index (χ0v) is 28.5. The van der Waals surface area contributed by atoms with E-state index in [2.05, 4.69) is 76.2 Å². The van der Waals surface area contributed by atoms with Gasteiger partial charge in [0, 0.05) is 70.4 Å². The molecule has 0 spiro atoms. The summed E-state index contributed by atoms with van der Waals surface area (Å²) in [5.41, 5.74) is 4.56. The number of urea groups is 1. The molecule has 4 N–H and O–H groups in total. The number of carbonyl (C=O) groups is 3. The minimum atomic E-state index is -1.26. The van der Waals surface area contributed by atoms with Gasteiger partial charge in [-0.1, -0.05) is 66.4 Å². The third-order valence-electron chi connectivity index (χ3n) is 7.59. The molecule has 0 radical (unpaired) electrons. The summed E-state index contributed by atoms with van der Waals surface area (Å²) < 4.78 is 0. The molecular weight excluding hydrogens is 645 g/mol. The Hall–Kier alpha value is -4.55. The van der Waals surface area contributed by atoms with Gasteiger partial charge in [0.25, 0.3) is 0 Å². The number of carboxylic acid groups (broad SMARTS) is 2. The van der Waals surface area contributed by atoms with E-state index in [4.69, 9.17) is 10.2 Å². The first-order valence-electron chi connectivity index (χ1n) is 15.4. The number of nitrogens with zero attached hydrogens (tertiary/aromatic N) is 2. The summed E-state index contributed by atoms with van der Waals surface area (Å²) in [6.07, 6.45) is 4.41. The van der Waals surface area contributed by atoms with Crippen LogP contribution in [0.3, 0.4) is 0 Å². The van der Waals surface area contributed by atoms with Crippen molar-refractivity contribution in [1.29, 1.82) is 0 Å². The van der Waals surface area contributed by atoms with E-state index in [9.17, 15) is 14.4 Å². The van der Waals surface area contributed by atoms with Crippen molar-refractivity contribution in [2.75, 3.05) is 50.1 Å². The Kier molecular flexibility index (Phi) is 14.1. The predicted octanol–water partition coefficient (Wildman–Crippen LogP) is 7.45. The van der Waals surface area contributed by atoms with E-state index < -0.39 is 11.9 Å². The van der Waals surface area contributed by atoms with Crippen molar-refractivity contribution in [3.05, 3.63) is 126 Å². The number of anilines is 2. The highest BCUT2D eigenvalue weighted by atomic mass is 32.2. The van der Waals surface area contributed by atoms with Crippen LogP contribution in [-0.4, -0.2) is 77.5 Å². The number of likely N-dealkylation sites (N-methyl/N-ethyl adjacent to an activating group) is 1. The predicted molar refractivity (Wildman–Crippen MR) is 194 cm³/mol. The minimum Gasteiger partial charge on any atom is -0.478 e. The molecule has 2 aliphatic heterocycles. The van der Waals surface area contributed by atoms with Crippen LogP contribution in [0.25, 0.3) is 0 Å². The van der Waals surface area contributed by atoms with E-state index in [1.807, 2.05) is 84.2 Å². The van der Waals surface area contributed by atoms with Crippen LogP contribution in [-0.2, 0) is 16.0 Å². The number of hydrogen-bond acceptors (Lipinski definition) is 7. The number of rotatable bonds is 6. The van der Waals surface area contributed by atoms with Gasteiger partial charge in [-0.2, -0.15) is 0 Å². The van der Waals surface area contributed by atoms with Crippen molar-refractivity contribution in [2.24, 2.45) is 0 Å². The lowest BCUT2D eigenvalue weighted by molar-refractivity contribution is -0.134. The van der Waals surface area contributed by atoms with Crippen LogP contribution < -0.4 is 10.6 Å². The Balaban J connectivity index is 0.000000187. The van der Waals surface area contributed by atoms with Crippen molar-refractivity contribution in [1.82, 2.24) is 9.80 Å². The summed E-state index contributed by atoms with van der Waals surface area (Å²) in [5.74, 6) is -2.51. The molecule has 4 aromatic rings. The number of thioether (sulfide) groups is 1. The largest absolute Gasteiger partial charge is 0.478 e. The molecule has 1 fully saturated rings. The molecule has 250 valence electrons. The zero-order chi connectivity index (χ0) is 34.3. The van der Waals surface area contributed by atoms with Gasteiger partial charge in [0.2, 0.25) is 0 Å². The number of nitrogens with one attached hydrogen (secondary N) is 2. The summed E-state index contributed by atoms with van der Waals surface area (Å²) in [5, 5.41) is 21.1. The second-order valence-electron chi connectivity index (χ2n) is 11.0. The van der Waals surface area contributed by atoms with Crippen LogP contribution in [0.5, 0.6) is 0 Å². The summed E-state index contributed by atoms with van der Waals surface area (Å²) in [7, 11) is 2.23. The van der Waals surface area contributed by atoms with Crippen LogP contribution in [0.15, 0.2) is 130 Å². The van der Waals surface area contributed by atoms with Gasteiger partial charge in [-0.15, -0.1) is 11.8 Å². The quantitative estimate of drug-likeness (QED) is 0.121. The highest BCUT2D eigenvalue weighted by molar-refractivity contribution is 7.99. The average molecular weight is 685 g/mol. The molecule has 6 rings (SSSR count). The van der Waals surface area contributed by atoms with Crippen molar-refractivity contribution in [3.63, 3.8) is 0 Å². The van der Waals surface area contributed by atoms with E-state index in [-0.39, 0.29) is 6.03 Å². The van der Waals surface area contributed by atoms with Crippen molar-refractivity contribution >= 4 is 52.9 Å². The van der Waals surface area contributed by atoms with Gasteiger partial charge < -0.3 is 25.7 Å². The van der Waals surface area contributed by atoms with E-state index in [0.717, 1.165) is 30.9 Å². The van der Waals surface area contributed by atoms with Crippen molar-refractivity contribution in [2.45, 2.75) is 27.1 Å². The first kappa shape index (κ1) is 36.3. The number of amides is 2. The standard InChI is InChI=1S/C20H24N2S2.C13H12N2O.C4H4O4/c1-21-9-11-22(12-10-21)18-13-15-5-3-4-6-19(15)24-20-8-7-16(23-2)14-17(18)20;16-13(14-11-7-3-1-4-8-11)15-12-9-5-2-6-10-12;5-3(6)1-2-4(7)8/h3-8,14,18H,9-13H2,1-2H3;1-10H,(H2,14,15,16);1-2H,(H,5,6)(H,7,8). The fraction of sp³-hybridized carbons (Fsp3) is 0.216. The van der Waals surface area contributed by atoms with Crippen LogP contribution in [0.2, 0.25) is 0 Å². The SMILES string of the molecule is CSc1ccc2c(c1)C(N1CCN(C)CC1)Cc1ccccc1S2.O=C(Nc1ccccc1)Nc1ccccc1.O=C(O)C=CC(=O)O. The average Bonchev–Trinajstić information content (AvgIpc) is 3.25. The molecule has 0 saturated carbocycles. The van der Waals surface area contributed by atoms with E-state index in [1.165, 1.54) is 38.9 Å². The van der Waals surface area contributed by atoms with Crippen LogP contribution in [0.4, 0.5) is 16.2 Å². The molecule has 1 atom stereocenters. The van der Waals surface area contributed by atoms with Gasteiger partial charge in [-0.05, 0) is 79.4 Å². The molecule has 0 aromatic heterocycles. The maximum Gasteiger partial charge on any atom is 0.328 e. The molecule has 2 amide bonds. The Morgan fingerprint density at radius 1 is 0.750 bits per heavy atom. The molecular formula is C37H40N4O5S2. The van der Waals surface area contributed by atoms with E-state index in [1.54, 1.807) is 0 Å².